The van der Waals surface area contributed by atoms with Gasteiger partial charge in [-0.15, -0.1) is 0 Å². The summed E-state index contributed by atoms with van der Waals surface area (Å²) in [5, 5.41) is 0. The highest BCUT2D eigenvalue weighted by Gasteiger charge is 2.10. The van der Waals surface area contributed by atoms with E-state index in [0.29, 0.717) is 0 Å². The van der Waals surface area contributed by atoms with Crippen molar-refractivity contribution in [2.75, 3.05) is 0 Å². The van der Waals surface area contributed by atoms with Crippen molar-refractivity contribution in [1.29, 1.82) is 0 Å². The summed E-state index contributed by atoms with van der Waals surface area (Å²) in [5.74, 6) is 0. The Morgan fingerprint density at radius 3 is 1.93 bits per heavy atom. The molecule has 142 valence electrons. The quantitative estimate of drug-likeness (QED) is 0.436. The fourth-order valence-corrected chi connectivity index (χ4v) is 3.64. The standard InChI is InChI=1S/C26H24.C2H6/c1-19-8-6-12-22(14-19)25-16-24(21-10-4-3-5-11-21)17-26(18-25)23-13-7-9-20(2)15-23;1-2/h3-6,8,10-18H,7,9H2,1-2H3;1-2H3. The number of hydrogen-bond acceptors (Lipinski definition) is 0. The molecular weight excluding hydrogens is 336 g/mol. The fraction of sp³-hybridized carbons (Fsp3) is 0.214. The molecule has 3 aromatic carbocycles. The van der Waals surface area contributed by atoms with Gasteiger partial charge in [-0.2, -0.15) is 0 Å². The van der Waals surface area contributed by atoms with Gasteiger partial charge in [0.25, 0.3) is 0 Å². The van der Waals surface area contributed by atoms with Crippen molar-refractivity contribution < 1.29 is 0 Å². The zero-order valence-corrected chi connectivity index (χ0v) is 17.5. The minimum atomic E-state index is 1.13. The first kappa shape index (κ1) is 19.9. The van der Waals surface area contributed by atoms with E-state index in [1.54, 1.807) is 0 Å². The van der Waals surface area contributed by atoms with Crippen LogP contribution in [0, 0.1) is 6.92 Å². The molecule has 1 aliphatic carbocycles. The predicted molar refractivity (Wildman–Crippen MR) is 124 cm³/mol. The number of hydrogen-bond donors (Lipinski definition) is 0. The Morgan fingerprint density at radius 2 is 1.25 bits per heavy atom. The van der Waals surface area contributed by atoms with Crippen LogP contribution < -0.4 is 0 Å². The SMILES string of the molecule is CC.CC1=CC(c2cc(-c3ccccc3)cc(-c3cccc(C)c3)c2)=CCC1. The van der Waals surface area contributed by atoms with E-state index >= 15 is 0 Å². The van der Waals surface area contributed by atoms with Gasteiger partial charge in [0, 0.05) is 0 Å². The van der Waals surface area contributed by atoms with Crippen molar-refractivity contribution in [1.82, 2.24) is 0 Å². The average Bonchev–Trinajstić information content (AvgIpc) is 2.75. The van der Waals surface area contributed by atoms with Crippen molar-refractivity contribution in [3.8, 4) is 22.3 Å². The topological polar surface area (TPSA) is 0 Å². The Morgan fingerprint density at radius 1 is 0.607 bits per heavy atom. The van der Waals surface area contributed by atoms with Crippen LogP contribution in [-0.2, 0) is 0 Å². The van der Waals surface area contributed by atoms with Gasteiger partial charge < -0.3 is 0 Å². The first-order chi connectivity index (χ1) is 13.7. The second-order valence-electron chi connectivity index (χ2n) is 7.22. The number of rotatable bonds is 3. The van der Waals surface area contributed by atoms with Crippen molar-refractivity contribution >= 4 is 5.57 Å². The van der Waals surface area contributed by atoms with E-state index in [4.69, 9.17) is 0 Å². The van der Waals surface area contributed by atoms with E-state index in [2.05, 4.69) is 98.8 Å². The first-order valence-corrected chi connectivity index (χ1v) is 10.3. The van der Waals surface area contributed by atoms with E-state index < -0.39 is 0 Å². The van der Waals surface area contributed by atoms with Crippen LogP contribution in [0.15, 0.2) is 90.5 Å². The minimum Gasteiger partial charge on any atom is -0.0763 e. The maximum absolute atomic E-state index is 2.37. The molecule has 4 rings (SSSR count). The van der Waals surface area contributed by atoms with Crippen molar-refractivity contribution in [2.24, 2.45) is 0 Å². The summed E-state index contributed by atoms with van der Waals surface area (Å²) in [7, 11) is 0. The van der Waals surface area contributed by atoms with Gasteiger partial charge in [-0.05, 0) is 78.3 Å². The molecule has 0 saturated carbocycles. The Balaban J connectivity index is 0.00000109. The number of aryl methyl sites for hydroxylation is 1. The fourth-order valence-electron chi connectivity index (χ4n) is 3.64. The zero-order valence-electron chi connectivity index (χ0n) is 17.5. The highest BCUT2D eigenvalue weighted by atomic mass is 14.1. The summed E-state index contributed by atoms with van der Waals surface area (Å²) in [6.07, 6.45) is 7.02. The third kappa shape index (κ3) is 4.70. The van der Waals surface area contributed by atoms with E-state index in [-0.39, 0.29) is 0 Å². The molecule has 0 saturated heterocycles. The third-order valence-electron chi connectivity index (χ3n) is 5.03. The predicted octanol–water partition coefficient (Wildman–Crippen LogP) is 8.48. The summed E-state index contributed by atoms with van der Waals surface area (Å²) in [6, 6.07) is 26.4. The van der Waals surface area contributed by atoms with Crippen LogP contribution in [0.25, 0.3) is 27.8 Å². The molecule has 0 nitrogen and oxygen atoms in total. The van der Waals surface area contributed by atoms with Crippen LogP contribution >= 0.6 is 0 Å². The molecule has 0 amide bonds. The van der Waals surface area contributed by atoms with Crippen LogP contribution in [0.5, 0.6) is 0 Å². The van der Waals surface area contributed by atoms with E-state index in [9.17, 15) is 0 Å². The van der Waals surface area contributed by atoms with E-state index in [0.717, 1.165) is 6.42 Å². The van der Waals surface area contributed by atoms with Crippen molar-refractivity contribution in [3.63, 3.8) is 0 Å². The molecule has 0 unspecified atom stereocenters. The van der Waals surface area contributed by atoms with Gasteiger partial charge in [0.1, 0.15) is 0 Å². The van der Waals surface area contributed by atoms with Crippen molar-refractivity contribution in [2.45, 2.75) is 40.5 Å². The molecule has 0 aromatic heterocycles. The summed E-state index contributed by atoms with van der Waals surface area (Å²) in [4.78, 5) is 0. The maximum Gasteiger partial charge on any atom is -0.0172 e. The summed E-state index contributed by atoms with van der Waals surface area (Å²) in [6.45, 7) is 8.39. The largest absolute Gasteiger partial charge is 0.0763 e. The normalized spacial score (nSPS) is 13.1. The van der Waals surface area contributed by atoms with Gasteiger partial charge in [0.05, 0.1) is 0 Å². The number of allylic oxidation sites excluding steroid dienone is 4. The third-order valence-corrected chi connectivity index (χ3v) is 5.03. The van der Waals surface area contributed by atoms with Gasteiger partial charge in [-0.25, -0.2) is 0 Å². The molecule has 0 heteroatoms. The summed E-state index contributed by atoms with van der Waals surface area (Å²) < 4.78 is 0. The van der Waals surface area contributed by atoms with Crippen LogP contribution in [0.2, 0.25) is 0 Å². The monoisotopic (exact) mass is 366 g/mol. The second kappa shape index (κ2) is 9.37. The van der Waals surface area contributed by atoms with Crippen molar-refractivity contribution in [3.05, 3.63) is 102 Å². The zero-order chi connectivity index (χ0) is 19.9. The molecule has 0 fully saturated rings. The molecule has 0 heterocycles. The Kier molecular flexibility index (Phi) is 6.66. The number of benzene rings is 3. The molecule has 0 radical (unpaired) electrons. The molecule has 0 aliphatic heterocycles. The first-order valence-electron chi connectivity index (χ1n) is 10.3. The van der Waals surface area contributed by atoms with E-state index in [1.165, 1.54) is 50.9 Å². The highest BCUT2D eigenvalue weighted by molar-refractivity contribution is 5.83. The molecule has 0 atom stereocenters. The molecule has 0 spiro atoms. The maximum atomic E-state index is 2.37. The lowest BCUT2D eigenvalue weighted by Gasteiger charge is -2.15. The lowest BCUT2D eigenvalue weighted by Crippen LogP contribution is -1.92. The molecular formula is C28H30. The lowest BCUT2D eigenvalue weighted by molar-refractivity contribution is 0.966. The Hall–Kier alpha value is -2.86. The lowest BCUT2D eigenvalue weighted by atomic mass is 9.90. The van der Waals surface area contributed by atoms with Gasteiger partial charge in [0.2, 0.25) is 0 Å². The molecule has 0 bridgehead atoms. The van der Waals surface area contributed by atoms with Crippen LogP contribution in [-0.4, -0.2) is 0 Å². The highest BCUT2D eigenvalue weighted by Crippen LogP contribution is 2.33. The van der Waals surface area contributed by atoms with Crippen LogP contribution in [0.1, 0.15) is 44.7 Å². The molecule has 1 aliphatic rings. The molecule has 28 heavy (non-hydrogen) atoms. The summed E-state index contributed by atoms with van der Waals surface area (Å²) in [5.41, 5.74) is 10.5. The Labute approximate surface area is 170 Å². The second-order valence-corrected chi connectivity index (χ2v) is 7.22. The van der Waals surface area contributed by atoms with Gasteiger partial charge in [0.15, 0.2) is 0 Å². The summed E-state index contributed by atoms with van der Waals surface area (Å²) >= 11 is 0. The smallest absolute Gasteiger partial charge is 0.0172 e. The Bertz CT molecular complexity index is 988. The van der Waals surface area contributed by atoms with Crippen LogP contribution in [0.3, 0.4) is 0 Å². The van der Waals surface area contributed by atoms with E-state index in [1.807, 2.05) is 13.8 Å². The minimum absolute atomic E-state index is 1.13. The molecule has 3 aromatic rings. The van der Waals surface area contributed by atoms with Gasteiger partial charge in [-0.3, -0.25) is 0 Å². The van der Waals surface area contributed by atoms with Gasteiger partial charge in [-0.1, -0.05) is 91.7 Å². The van der Waals surface area contributed by atoms with Gasteiger partial charge >= 0.3 is 0 Å². The van der Waals surface area contributed by atoms with Crippen LogP contribution in [0.4, 0.5) is 0 Å². The average molecular weight is 367 g/mol. The molecule has 0 N–H and O–H groups in total.